The highest BCUT2D eigenvalue weighted by Gasteiger charge is 2.19. The summed E-state index contributed by atoms with van der Waals surface area (Å²) in [7, 11) is 0. The molecule has 0 unspecified atom stereocenters. The Labute approximate surface area is 70.8 Å². The number of aromatic hydroxyl groups is 1. The van der Waals surface area contributed by atoms with Crippen LogP contribution in [-0.4, -0.2) is 5.11 Å². The molecule has 0 aromatic heterocycles. The Morgan fingerprint density at radius 1 is 1.42 bits per heavy atom. The molecule has 1 rings (SSSR count). The molecule has 1 aromatic rings. The van der Waals surface area contributed by atoms with Crippen LogP contribution >= 0.6 is 0 Å². The molecule has 0 fully saturated rings. The van der Waals surface area contributed by atoms with Crippen molar-refractivity contribution in [1.82, 2.24) is 0 Å². The van der Waals surface area contributed by atoms with Gasteiger partial charge < -0.3 is 10.8 Å². The van der Waals surface area contributed by atoms with E-state index < -0.39 is 5.67 Å². The van der Waals surface area contributed by atoms with Gasteiger partial charge in [0.05, 0.1) is 5.69 Å². The lowest BCUT2D eigenvalue weighted by Gasteiger charge is -2.14. The number of phenolic OH excluding ortho intramolecular Hbond substituents is 1. The molecule has 0 bridgehead atoms. The Bertz CT molecular complexity index is 291. The molecule has 0 radical (unpaired) electrons. The summed E-state index contributed by atoms with van der Waals surface area (Å²) < 4.78 is 13.3. The number of benzene rings is 1. The van der Waals surface area contributed by atoms with Crippen molar-refractivity contribution in [2.45, 2.75) is 19.5 Å². The van der Waals surface area contributed by atoms with E-state index >= 15 is 0 Å². The van der Waals surface area contributed by atoms with Crippen LogP contribution in [0.5, 0.6) is 5.75 Å². The van der Waals surface area contributed by atoms with E-state index in [1.807, 2.05) is 0 Å². The largest absolute Gasteiger partial charge is 0.506 e. The number of phenols is 1. The first kappa shape index (κ1) is 8.84. The molecule has 66 valence electrons. The van der Waals surface area contributed by atoms with Crippen molar-refractivity contribution < 1.29 is 9.50 Å². The number of halogens is 1. The third kappa shape index (κ3) is 1.67. The van der Waals surface area contributed by atoms with Gasteiger partial charge >= 0.3 is 0 Å². The van der Waals surface area contributed by atoms with Gasteiger partial charge in [-0.1, -0.05) is 6.07 Å². The van der Waals surface area contributed by atoms with Crippen molar-refractivity contribution in [3.63, 3.8) is 0 Å². The van der Waals surface area contributed by atoms with E-state index in [2.05, 4.69) is 0 Å². The number of nitrogens with two attached hydrogens (primary N) is 1. The predicted octanol–water partition coefficient (Wildman–Crippen LogP) is 2.18. The Balaban J connectivity index is 3.14. The van der Waals surface area contributed by atoms with Crippen LogP contribution in [0.3, 0.4) is 0 Å². The summed E-state index contributed by atoms with van der Waals surface area (Å²) in [6.07, 6.45) is 0. The number of anilines is 1. The lowest BCUT2D eigenvalue weighted by molar-refractivity contribution is 0.221. The predicted molar refractivity (Wildman–Crippen MR) is 46.7 cm³/mol. The summed E-state index contributed by atoms with van der Waals surface area (Å²) in [5, 5.41) is 9.17. The molecule has 3 N–H and O–H groups in total. The maximum absolute atomic E-state index is 13.3. The molecule has 2 nitrogen and oxygen atoms in total. The number of alkyl halides is 1. The van der Waals surface area contributed by atoms with Gasteiger partial charge in [-0.2, -0.15) is 0 Å². The quantitative estimate of drug-likeness (QED) is 0.500. The fourth-order valence-corrected chi connectivity index (χ4v) is 0.913. The SMILES string of the molecule is CC(C)(F)c1ccc(N)c(O)c1. The maximum atomic E-state index is 13.3. The molecule has 1 aromatic carbocycles. The van der Waals surface area contributed by atoms with Crippen LogP contribution in [0.1, 0.15) is 19.4 Å². The van der Waals surface area contributed by atoms with Crippen molar-refractivity contribution in [2.75, 3.05) is 5.73 Å². The average Bonchev–Trinajstić information content (AvgIpc) is 1.92. The lowest BCUT2D eigenvalue weighted by atomic mass is 10.00. The van der Waals surface area contributed by atoms with Gasteiger partial charge in [-0.05, 0) is 31.5 Å². The summed E-state index contributed by atoms with van der Waals surface area (Å²) in [6, 6.07) is 4.40. The fraction of sp³-hybridized carbons (Fsp3) is 0.333. The van der Waals surface area contributed by atoms with E-state index in [4.69, 9.17) is 5.73 Å². The molecule has 12 heavy (non-hydrogen) atoms. The van der Waals surface area contributed by atoms with Crippen LogP contribution in [-0.2, 0) is 5.67 Å². The van der Waals surface area contributed by atoms with Crippen LogP contribution in [0.4, 0.5) is 10.1 Å². The van der Waals surface area contributed by atoms with E-state index in [1.165, 1.54) is 26.0 Å². The first-order chi connectivity index (χ1) is 5.41. The second-order valence-electron chi connectivity index (χ2n) is 3.25. The fourth-order valence-electron chi connectivity index (χ4n) is 0.913. The van der Waals surface area contributed by atoms with Crippen molar-refractivity contribution in [3.05, 3.63) is 23.8 Å². The average molecular weight is 169 g/mol. The van der Waals surface area contributed by atoms with Crippen LogP contribution in [0.25, 0.3) is 0 Å². The van der Waals surface area contributed by atoms with Crippen molar-refractivity contribution in [2.24, 2.45) is 0 Å². The maximum Gasteiger partial charge on any atom is 0.138 e. The zero-order chi connectivity index (χ0) is 9.35. The number of hydrogen-bond acceptors (Lipinski definition) is 2. The molecule has 0 aliphatic heterocycles. The van der Waals surface area contributed by atoms with Crippen LogP contribution in [0, 0.1) is 0 Å². The molecule has 0 saturated heterocycles. The molecule has 0 heterocycles. The van der Waals surface area contributed by atoms with Gasteiger partial charge in [0.1, 0.15) is 11.4 Å². The monoisotopic (exact) mass is 169 g/mol. The molecule has 3 heteroatoms. The third-order valence-electron chi connectivity index (χ3n) is 1.72. The minimum Gasteiger partial charge on any atom is -0.506 e. The minimum atomic E-state index is -1.44. The number of nitrogen functional groups attached to an aromatic ring is 1. The van der Waals surface area contributed by atoms with E-state index in [0.717, 1.165) is 0 Å². The number of rotatable bonds is 1. The van der Waals surface area contributed by atoms with Gasteiger partial charge in [0.2, 0.25) is 0 Å². The third-order valence-corrected chi connectivity index (χ3v) is 1.72. The summed E-state index contributed by atoms with van der Waals surface area (Å²) >= 11 is 0. The van der Waals surface area contributed by atoms with Gasteiger partial charge in [0.25, 0.3) is 0 Å². The van der Waals surface area contributed by atoms with Gasteiger partial charge in [0.15, 0.2) is 0 Å². The normalized spacial score (nSPS) is 11.6. The molecule has 0 aliphatic rings. The minimum absolute atomic E-state index is 0.0711. The Kier molecular flexibility index (Phi) is 1.96. The van der Waals surface area contributed by atoms with Crippen LogP contribution < -0.4 is 5.73 Å². The second kappa shape index (κ2) is 2.66. The highest BCUT2D eigenvalue weighted by Crippen LogP contribution is 2.30. The summed E-state index contributed by atoms with van der Waals surface area (Å²) in [6.45, 7) is 2.86. The Morgan fingerprint density at radius 3 is 2.42 bits per heavy atom. The standard InChI is InChI=1S/C9H12FNO/c1-9(2,10)6-3-4-7(11)8(12)5-6/h3-5,12H,11H2,1-2H3. The van der Waals surface area contributed by atoms with Gasteiger partial charge in [-0.3, -0.25) is 0 Å². The van der Waals surface area contributed by atoms with Crippen molar-refractivity contribution in [3.8, 4) is 5.75 Å². The zero-order valence-corrected chi connectivity index (χ0v) is 7.13. The van der Waals surface area contributed by atoms with Gasteiger partial charge in [0, 0.05) is 0 Å². The van der Waals surface area contributed by atoms with E-state index in [9.17, 15) is 9.50 Å². The first-order valence-electron chi connectivity index (χ1n) is 3.69. The van der Waals surface area contributed by atoms with Gasteiger partial charge in [-0.15, -0.1) is 0 Å². The smallest absolute Gasteiger partial charge is 0.138 e. The van der Waals surface area contributed by atoms with Crippen LogP contribution in [0.15, 0.2) is 18.2 Å². The molecular weight excluding hydrogens is 157 g/mol. The molecule has 0 saturated carbocycles. The van der Waals surface area contributed by atoms with Crippen LogP contribution in [0.2, 0.25) is 0 Å². The van der Waals surface area contributed by atoms with E-state index in [-0.39, 0.29) is 11.4 Å². The molecule has 0 atom stereocenters. The van der Waals surface area contributed by atoms with E-state index in [0.29, 0.717) is 5.56 Å². The zero-order valence-electron chi connectivity index (χ0n) is 7.13. The molecule has 0 amide bonds. The molecule has 0 aliphatic carbocycles. The Hall–Kier alpha value is -1.25. The van der Waals surface area contributed by atoms with Crippen molar-refractivity contribution >= 4 is 5.69 Å². The highest BCUT2D eigenvalue weighted by atomic mass is 19.1. The first-order valence-corrected chi connectivity index (χ1v) is 3.69. The summed E-state index contributed by atoms with van der Waals surface area (Å²) in [4.78, 5) is 0. The highest BCUT2D eigenvalue weighted by molar-refractivity contribution is 5.53. The summed E-state index contributed by atoms with van der Waals surface area (Å²) in [5.74, 6) is -0.0711. The topological polar surface area (TPSA) is 46.2 Å². The second-order valence-corrected chi connectivity index (χ2v) is 3.25. The molecular formula is C9H12FNO. The molecule has 0 spiro atoms. The van der Waals surface area contributed by atoms with Gasteiger partial charge in [-0.25, -0.2) is 4.39 Å². The summed E-state index contributed by atoms with van der Waals surface area (Å²) in [5.41, 5.74) is 4.61. The van der Waals surface area contributed by atoms with Crippen molar-refractivity contribution in [1.29, 1.82) is 0 Å². The van der Waals surface area contributed by atoms with E-state index in [1.54, 1.807) is 6.07 Å². The lowest BCUT2D eigenvalue weighted by Crippen LogP contribution is -2.08. The number of hydrogen-bond donors (Lipinski definition) is 2. The Morgan fingerprint density at radius 2 is 2.00 bits per heavy atom.